The highest BCUT2D eigenvalue weighted by atomic mass is 16.6. The molecule has 0 unspecified atom stereocenters. The highest BCUT2D eigenvalue weighted by molar-refractivity contribution is 6.03. The van der Waals surface area contributed by atoms with Gasteiger partial charge in [-0.2, -0.15) is 0 Å². The summed E-state index contributed by atoms with van der Waals surface area (Å²) in [6.45, 7) is 13.5. The van der Waals surface area contributed by atoms with Crippen LogP contribution in [-0.4, -0.2) is 44.4 Å². The first kappa shape index (κ1) is 24.4. The topological polar surface area (TPSA) is 76.1 Å². The molecular weight excluding hydrogens is 394 g/mol. The molecule has 6 nitrogen and oxygen atoms in total. The lowest BCUT2D eigenvalue weighted by Crippen LogP contribution is -2.45. The van der Waals surface area contributed by atoms with E-state index in [1.165, 1.54) is 0 Å². The number of aliphatic hydroxyl groups excluding tert-OH is 1. The average Bonchev–Trinajstić information content (AvgIpc) is 2.73. The normalized spacial score (nSPS) is 18.6. The van der Waals surface area contributed by atoms with Gasteiger partial charge in [0.2, 0.25) is 0 Å². The fraction of sp³-hybridized carbons (Fsp3) is 0.440. The molecule has 31 heavy (non-hydrogen) atoms. The average molecular weight is 428 g/mol. The van der Waals surface area contributed by atoms with Gasteiger partial charge in [0.1, 0.15) is 0 Å². The number of hydrogen-bond donors (Lipinski definition) is 1. The number of ether oxygens (including phenoxy) is 2. The van der Waals surface area contributed by atoms with Gasteiger partial charge in [-0.15, -0.1) is 0 Å². The van der Waals surface area contributed by atoms with Crippen LogP contribution in [-0.2, 0) is 19.1 Å². The Kier molecular flexibility index (Phi) is 7.85. The van der Waals surface area contributed by atoms with Crippen molar-refractivity contribution in [3.05, 3.63) is 65.8 Å². The van der Waals surface area contributed by atoms with Crippen LogP contribution in [0.2, 0.25) is 0 Å². The summed E-state index contributed by atoms with van der Waals surface area (Å²) in [5.41, 5.74) is 1.83. The van der Waals surface area contributed by atoms with E-state index in [-0.39, 0.29) is 19.6 Å². The summed E-state index contributed by atoms with van der Waals surface area (Å²) in [4.78, 5) is 28.0. The third-order valence-electron chi connectivity index (χ3n) is 5.60. The van der Waals surface area contributed by atoms with Gasteiger partial charge < -0.3 is 19.5 Å². The third kappa shape index (κ3) is 4.90. The molecule has 6 heteroatoms. The van der Waals surface area contributed by atoms with Crippen LogP contribution in [0.5, 0.6) is 0 Å². The van der Waals surface area contributed by atoms with Crippen molar-refractivity contribution in [2.45, 2.75) is 33.3 Å². The maximum atomic E-state index is 13.0. The molecule has 1 aromatic rings. The molecule has 2 rings (SSSR count). The van der Waals surface area contributed by atoms with Crippen LogP contribution in [0, 0.1) is 11.3 Å². The van der Waals surface area contributed by atoms with Crippen LogP contribution >= 0.6 is 0 Å². The summed E-state index contributed by atoms with van der Waals surface area (Å²) in [5.74, 6) is -1.99. The second-order valence-electron chi connectivity index (χ2n) is 8.02. The van der Waals surface area contributed by atoms with Crippen molar-refractivity contribution in [1.29, 1.82) is 0 Å². The maximum absolute atomic E-state index is 13.0. The number of rotatable bonds is 8. The molecule has 2 atom stereocenters. The van der Waals surface area contributed by atoms with Crippen molar-refractivity contribution >= 4 is 17.6 Å². The Morgan fingerprint density at radius 2 is 1.68 bits per heavy atom. The number of anilines is 1. The molecule has 0 bridgehead atoms. The van der Waals surface area contributed by atoms with Gasteiger partial charge in [0.15, 0.2) is 5.41 Å². The van der Waals surface area contributed by atoms with E-state index in [0.29, 0.717) is 22.3 Å². The van der Waals surface area contributed by atoms with E-state index in [1.807, 2.05) is 43.3 Å². The second kappa shape index (κ2) is 9.96. The predicted octanol–water partition coefficient (Wildman–Crippen LogP) is 3.98. The molecule has 1 aliphatic rings. The third-order valence-corrected chi connectivity index (χ3v) is 5.60. The SMILES string of the molecule is C=C(C)C1=CC(C(=O)OCC)(C(=O)OCC)C[C@H]([C@H](O)c2ccc(N(C)C)cc2)C1=C. The Morgan fingerprint density at radius 3 is 2.10 bits per heavy atom. The lowest BCUT2D eigenvalue weighted by molar-refractivity contribution is -0.170. The molecular formula is C25H33NO5. The summed E-state index contributed by atoms with van der Waals surface area (Å²) >= 11 is 0. The lowest BCUT2D eigenvalue weighted by atomic mass is 9.66. The van der Waals surface area contributed by atoms with Gasteiger partial charge in [-0.3, -0.25) is 9.59 Å². The minimum Gasteiger partial charge on any atom is -0.465 e. The Morgan fingerprint density at radius 1 is 1.16 bits per heavy atom. The highest BCUT2D eigenvalue weighted by Crippen LogP contribution is 2.48. The van der Waals surface area contributed by atoms with Gasteiger partial charge in [0, 0.05) is 25.7 Å². The second-order valence-corrected chi connectivity index (χ2v) is 8.02. The van der Waals surface area contributed by atoms with E-state index in [4.69, 9.17) is 9.47 Å². The standard InChI is InChI=1S/C25H33NO5/c1-8-30-23(28)25(24(29)31-9-2)14-20(16(3)4)17(5)21(15-25)22(27)18-10-12-19(13-11-18)26(6)7/h10-14,21-22,27H,3,5,8-9,15H2,1-2,4,6-7H3/t21-,22+/m0/s1. The first-order valence-electron chi connectivity index (χ1n) is 10.5. The molecule has 0 radical (unpaired) electrons. The highest BCUT2D eigenvalue weighted by Gasteiger charge is 2.53. The van der Waals surface area contributed by atoms with Gasteiger partial charge >= 0.3 is 11.9 Å². The van der Waals surface area contributed by atoms with Crippen molar-refractivity contribution in [3.8, 4) is 0 Å². The molecule has 1 N–H and O–H groups in total. The molecule has 0 spiro atoms. The smallest absolute Gasteiger partial charge is 0.327 e. The molecule has 0 saturated heterocycles. The Hall–Kier alpha value is -2.86. The number of nitrogens with zero attached hydrogens (tertiary/aromatic N) is 1. The molecule has 0 aliphatic heterocycles. The summed E-state index contributed by atoms with van der Waals surface area (Å²) in [5, 5.41) is 11.3. The van der Waals surface area contributed by atoms with Crippen molar-refractivity contribution < 1.29 is 24.2 Å². The van der Waals surface area contributed by atoms with Crippen LogP contribution in [0.3, 0.4) is 0 Å². The van der Waals surface area contributed by atoms with E-state index in [2.05, 4.69) is 13.2 Å². The molecule has 1 aromatic carbocycles. The summed E-state index contributed by atoms with van der Waals surface area (Å²) < 4.78 is 10.5. The number of hydrogen-bond acceptors (Lipinski definition) is 6. The monoisotopic (exact) mass is 427 g/mol. The largest absolute Gasteiger partial charge is 0.465 e. The van der Waals surface area contributed by atoms with E-state index >= 15 is 0 Å². The fourth-order valence-electron chi connectivity index (χ4n) is 3.86. The zero-order chi connectivity index (χ0) is 23.3. The Bertz CT molecular complexity index is 864. The van der Waals surface area contributed by atoms with Gasteiger partial charge in [-0.1, -0.05) is 30.9 Å². The molecule has 0 fully saturated rings. The number of benzene rings is 1. The van der Waals surface area contributed by atoms with Crippen LogP contribution in [0.25, 0.3) is 0 Å². The van der Waals surface area contributed by atoms with Gasteiger partial charge in [-0.05, 0) is 62.1 Å². The van der Waals surface area contributed by atoms with Crippen molar-refractivity contribution in [2.24, 2.45) is 11.3 Å². The van der Waals surface area contributed by atoms with Gasteiger partial charge in [0.25, 0.3) is 0 Å². The zero-order valence-corrected chi connectivity index (χ0v) is 19.1. The van der Waals surface area contributed by atoms with Crippen molar-refractivity contribution in [2.75, 3.05) is 32.2 Å². The van der Waals surface area contributed by atoms with Crippen LogP contribution < -0.4 is 4.90 Å². The number of aliphatic hydroxyl groups is 1. The first-order valence-corrected chi connectivity index (χ1v) is 10.5. The van der Waals surface area contributed by atoms with E-state index in [1.54, 1.807) is 26.8 Å². The van der Waals surface area contributed by atoms with E-state index < -0.39 is 29.4 Å². The molecule has 168 valence electrons. The van der Waals surface area contributed by atoms with Crippen molar-refractivity contribution in [1.82, 2.24) is 0 Å². The minimum absolute atomic E-state index is 0.00310. The number of allylic oxidation sites excluding steroid dienone is 2. The first-order chi connectivity index (χ1) is 14.6. The Balaban J connectivity index is 2.56. The maximum Gasteiger partial charge on any atom is 0.327 e. The number of esters is 2. The molecule has 1 aliphatic carbocycles. The number of carbonyl (C=O) groups excluding carboxylic acids is 2. The van der Waals surface area contributed by atoms with E-state index in [0.717, 1.165) is 5.69 Å². The fourth-order valence-corrected chi connectivity index (χ4v) is 3.86. The van der Waals surface area contributed by atoms with Crippen LogP contribution in [0.1, 0.15) is 38.9 Å². The number of carbonyl (C=O) groups is 2. The summed E-state index contributed by atoms with van der Waals surface area (Å²) in [7, 11) is 3.87. The van der Waals surface area contributed by atoms with Crippen LogP contribution in [0.4, 0.5) is 5.69 Å². The lowest BCUT2D eigenvalue weighted by Gasteiger charge is -2.39. The summed E-state index contributed by atoms with van der Waals surface area (Å²) in [6, 6.07) is 7.48. The summed E-state index contributed by atoms with van der Waals surface area (Å²) in [6.07, 6.45) is 0.568. The van der Waals surface area contributed by atoms with E-state index in [9.17, 15) is 14.7 Å². The Labute approximate surface area is 184 Å². The molecule has 0 aromatic heterocycles. The molecule has 0 heterocycles. The quantitative estimate of drug-likeness (QED) is 0.500. The minimum atomic E-state index is -1.67. The molecule has 0 saturated carbocycles. The van der Waals surface area contributed by atoms with Crippen LogP contribution in [0.15, 0.2) is 60.2 Å². The molecule has 0 amide bonds. The van der Waals surface area contributed by atoms with Gasteiger partial charge in [0.05, 0.1) is 19.3 Å². The zero-order valence-electron chi connectivity index (χ0n) is 19.1. The predicted molar refractivity (Wildman–Crippen MR) is 122 cm³/mol. The van der Waals surface area contributed by atoms with Gasteiger partial charge in [-0.25, -0.2) is 0 Å². The van der Waals surface area contributed by atoms with Crippen molar-refractivity contribution in [3.63, 3.8) is 0 Å².